The molecular weight excluding hydrogens is 382 g/mol. The first-order valence-corrected chi connectivity index (χ1v) is 11.0. The average Bonchev–Trinajstić information content (AvgIpc) is 2.79. The van der Waals surface area contributed by atoms with Gasteiger partial charge in [0.15, 0.2) is 0 Å². The van der Waals surface area contributed by atoms with Crippen LogP contribution in [0.3, 0.4) is 0 Å². The molecule has 1 fully saturated rings. The summed E-state index contributed by atoms with van der Waals surface area (Å²) in [6.45, 7) is 4.80. The van der Waals surface area contributed by atoms with Crippen molar-refractivity contribution < 1.29 is 19.1 Å². The lowest BCUT2D eigenvalue weighted by molar-refractivity contribution is -0.140. The van der Waals surface area contributed by atoms with Crippen LogP contribution in [0.4, 0.5) is 4.79 Å². The van der Waals surface area contributed by atoms with Gasteiger partial charge in [0.05, 0.1) is 0 Å². The fraction of sp³-hybridized carbons (Fsp3) is 0.609. The summed E-state index contributed by atoms with van der Waals surface area (Å²) in [4.78, 5) is 40.2. The predicted molar refractivity (Wildman–Crippen MR) is 116 cm³/mol. The highest BCUT2D eigenvalue weighted by Gasteiger charge is 2.28. The van der Waals surface area contributed by atoms with Crippen LogP contribution in [0.25, 0.3) is 0 Å². The van der Waals surface area contributed by atoms with E-state index in [9.17, 15) is 14.4 Å². The Hall–Kier alpha value is -2.57. The van der Waals surface area contributed by atoms with E-state index in [0.717, 1.165) is 37.8 Å². The Morgan fingerprint density at radius 1 is 1.13 bits per heavy atom. The molecule has 7 nitrogen and oxygen atoms in total. The lowest BCUT2D eigenvalue weighted by atomic mass is 9.95. The van der Waals surface area contributed by atoms with Crippen molar-refractivity contribution >= 4 is 17.9 Å². The largest absolute Gasteiger partial charge is 0.445 e. The van der Waals surface area contributed by atoms with Gasteiger partial charge in [-0.3, -0.25) is 9.59 Å². The maximum absolute atomic E-state index is 12.5. The van der Waals surface area contributed by atoms with Gasteiger partial charge in [-0.1, -0.05) is 43.7 Å². The van der Waals surface area contributed by atoms with E-state index in [1.54, 1.807) is 0 Å². The highest BCUT2D eigenvalue weighted by molar-refractivity contribution is 5.80. The Bertz CT molecular complexity index is 672. The van der Waals surface area contributed by atoms with Gasteiger partial charge in [0.25, 0.3) is 0 Å². The van der Waals surface area contributed by atoms with Gasteiger partial charge >= 0.3 is 6.09 Å². The monoisotopic (exact) mass is 417 g/mol. The number of carbonyl (C=O) groups excluding carboxylic acids is 3. The van der Waals surface area contributed by atoms with Gasteiger partial charge in [-0.15, -0.1) is 0 Å². The number of hydrogen-bond acceptors (Lipinski definition) is 4. The molecule has 0 saturated carbocycles. The van der Waals surface area contributed by atoms with Crippen molar-refractivity contribution in [2.24, 2.45) is 5.92 Å². The molecular formula is C23H35N3O4. The van der Waals surface area contributed by atoms with E-state index < -0.39 is 6.09 Å². The molecule has 0 atom stereocenters. The lowest BCUT2D eigenvalue weighted by Crippen LogP contribution is -2.43. The fourth-order valence-corrected chi connectivity index (χ4v) is 3.56. The fourth-order valence-electron chi connectivity index (χ4n) is 3.56. The molecule has 1 aromatic carbocycles. The lowest BCUT2D eigenvalue weighted by Gasteiger charge is -2.33. The van der Waals surface area contributed by atoms with Crippen molar-refractivity contribution in [2.75, 3.05) is 33.2 Å². The predicted octanol–water partition coefficient (Wildman–Crippen LogP) is 3.19. The minimum absolute atomic E-state index is 0.0250. The van der Waals surface area contributed by atoms with Crippen molar-refractivity contribution in [1.29, 1.82) is 0 Å². The number of alkyl carbamates (subject to hydrolysis) is 1. The van der Waals surface area contributed by atoms with Crippen LogP contribution in [0, 0.1) is 5.92 Å². The van der Waals surface area contributed by atoms with Gasteiger partial charge < -0.3 is 19.9 Å². The number of amides is 3. The molecule has 1 aliphatic heterocycles. The highest BCUT2D eigenvalue weighted by Crippen LogP contribution is 2.20. The topological polar surface area (TPSA) is 79.0 Å². The van der Waals surface area contributed by atoms with Gasteiger partial charge in [0, 0.05) is 45.6 Å². The van der Waals surface area contributed by atoms with Crippen LogP contribution in [0.15, 0.2) is 30.3 Å². The third kappa shape index (κ3) is 8.05. The number of hydrogen-bond donors (Lipinski definition) is 1. The van der Waals surface area contributed by atoms with Crippen LogP contribution in [-0.2, 0) is 20.9 Å². The zero-order chi connectivity index (χ0) is 21.8. The number of benzene rings is 1. The molecule has 1 aliphatic rings. The third-order valence-electron chi connectivity index (χ3n) is 5.47. The Morgan fingerprint density at radius 3 is 2.50 bits per heavy atom. The first-order chi connectivity index (χ1) is 14.5. The molecule has 0 unspecified atom stereocenters. The second kappa shape index (κ2) is 12.9. The molecule has 0 spiro atoms. The number of carbonyl (C=O) groups is 3. The molecule has 3 amide bonds. The molecule has 1 aromatic rings. The van der Waals surface area contributed by atoms with E-state index in [4.69, 9.17) is 4.74 Å². The summed E-state index contributed by atoms with van der Waals surface area (Å²) in [5, 5.41) is 2.68. The Kier molecular flexibility index (Phi) is 10.2. The van der Waals surface area contributed by atoms with Crippen LogP contribution >= 0.6 is 0 Å². The summed E-state index contributed by atoms with van der Waals surface area (Å²) >= 11 is 0. The number of likely N-dealkylation sites (tertiary alicyclic amines) is 1. The Morgan fingerprint density at radius 2 is 1.83 bits per heavy atom. The van der Waals surface area contributed by atoms with E-state index in [1.165, 1.54) is 0 Å². The van der Waals surface area contributed by atoms with Gasteiger partial charge in [-0.05, 0) is 31.2 Å². The second-order valence-corrected chi connectivity index (χ2v) is 7.86. The molecule has 2 rings (SSSR count). The number of nitrogens with one attached hydrogen (secondary N) is 1. The number of ether oxygens (including phenoxy) is 1. The first kappa shape index (κ1) is 23.7. The highest BCUT2D eigenvalue weighted by atomic mass is 16.5. The Labute approximate surface area is 179 Å². The Balaban J connectivity index is 1.57. The normalized spacial score (nSPS) is 14.3. The minimum Gasteiger partial charge on any atom is -0.445 e. The molecule has 30 heavy (non-hydrogen) atoms. The summed E-state index contributed by atoms with van der Waals surface area (Å²) in [6, 6.07) is 9.49. The number of nitrogens with zero attached hydrogens (tertiary/aromatic N) is 2. The van der Waals surface area contributed by atoms with Crippen LogP contribution < -0.4 is 5.32 Å². The zero-order valence-corrected chi connectivity index (χ0v) is 18.3. The van der Waals surface area contributed by atoms with Gasteiger partial charge in [-0.2, -0.15) is 0 Å². The molecule has 1 saturated heterocycles. The smallest absolute Gasteiger partial charge is 0.407 e. The summed E-state index contributed by atoms with van der Waals surface area (Å²) in [5.41, 5.74) is 0.932. The molecule has 166 valence electrons. The van der Waals surface area contributed by atoms with Crippen molar-refractivity contribution in [2.45, 2.75) is 52.1 Å². The molecule has 1 N–H and O–H groups in total. The second-order valence-electron chi connectivity index (χ2n) is 7.86. The quantitative estimate of drug-likeness (QED) is 0.593. The summed E-state index contributed by atoms with van der Waals surface area (Å²) in [5.74, 6) is 0.311. The molecule has 0 radical (unpaired) electrons. The maximum Gasteiger partial charge on any atom is 0.407 e. The molecule has 0 bridgehead atoms. The molecule has 0 aliphatic carbocycles. The molecule has 7 heteroatoms. The number of rotatable bonds is 10. The van der Waals surface area contributed by atoms with Crippen LogP contribution in [0.1, 0.15) is 51.0 Å². The maximum atomic E-state index is 12.5. The molecule has 0 aromatic heterocycles. The first-order valence-electron chi connectivity index (χ1n) is 11.0. The third-order valence-corrected chi connectivity index (χ3v) is 5.47. The van der Waals surface area contributed by atoms with Crippen LogP contribution in [-0.4, -0.2) is 60.9 Å². The average molecular weight is 418 g/mol. The summed E-state index contributed by atoms with van der Waals surface area (Å²) in [7, 11) is 1.87. The van der Waals surface area contributed by atoms with Crippen molar-refractivity contribution in [1.82, 2.24) is 15.1 Å². The van der Waals surface area contributed by atoms with Gasteiger partial charge in [0.2, 0.25) is 11.8 Å². The van der Waals surface area contributed by atoms with Crippen molar-refractivity contribution in [3.8, 4) is 0 Å². The van der Waals surface area contributed by atoms with E-state index in [1.807, 2.05) is 47.2 Å². The zero-order valence-electron chi connectivity index (χ0n) is 18.3. The van der Waals surface area contributed by atoms with Gasteiger partial charge in [-0.25, -0.2) is 4.79 Å². The van der Waals surface area contributed by atoms with Crippen LogP contribution in [0.5, 0.6) is 0 Å². The van der Waals surface area contributed by atoms with E-state index in [2.05, 4.69) is 12.2 Å². The standard InChI is InChI=1S/C23H35N3O4/c1-3-4-15-25(2)22(28)20-12-16-26(17-13-20)21(27)11-8-14-24-23(29)30-18-19-9-6-5-7-10-19/h5-7,9-10,20H,3-4,8,11-18H2,1-2H3,(H,24,29). The molecule has 1 heterocycles. The SMILES string of the molecule is CCCCN(C)C(=O)C1CCN(C(=O)CCCNC(=O)OCc2ccccc2)CC1. The summed E-state index contributed by atoms with van der Waals surface area (Å²) < 4.78 is 5.15. The summed E-state index contributed by atoms with van der Waals surface area (Å²) in [6.07, 6.45) is 4.03. The van der Waals surface area contributed by atoms with Crippen molar-refractivity contribution in [3.63, 3.8) is 0 Å². The van der Waals surface area contributed by atoms with Gasteiger partial charge in [0.1, 0.15) is 6.61 Å². The van der Waals surface area contributed by atoms with E-state index in [0.29, 0.717) is 32.5 Å². The van der Waals surface area contributed by atoms with Crippen LogP contribution in [0.2, 0.25) is 0 Å². The number of unbranched alkanes of at least 4 members (excludes halogenated alkanes) is 1. The number of piperidine rings is 1. The van der Waals surface area contributed by atoms with E-state index in [-0.39, 0.29) is 24.3 Å². The van der Waals surface area contributed by atoms with E-state index >= 15 is 0 Å². The van der Waals surface area contributed by atoms with Crippen molar-refractivity contribution in [3.05, 3.63) is 35.9 Å². The minimum atomic E-state index is -0.474.